The first-order valence-electron chi connectivity index (χ1n) is 5.17. The molecule has 1 aliphatic heterocycles. The Kier molecular flexibility index (Phi) is 1.77. The van der Waals surface area contributed by atoms with Gasteiger partial charge in [0.1, 0.15) is 6.10 Å². The highest BCUT2D eigenvalue weighted by Gasteiger charge is 2.64. The number of fused-ring (bicyclic) bond motifs is 1. The highest BCUT2D eigenvalue weighted by molar-refractivity contribution is 7.87. The molecule has 0 aromatic heterocycles. The number of rotatable bonds is 2. The predicted molar refractivity (Wildman–Crippen MR) is 49.2 cm³/mol. The molecule has 3 fully saturated rings. The fraction of sp³-hybridized carbons (Fsp3) is 1.00. The van der Waals surface area contributed by atoms with Crippen LogP contribution in [-0.2, 0) is 19.0 Å². The van der Waals surface area contributed by atoms with Crippen molar-refractivity contribution >= 4 is 10.1 Å². The summed E-state index contributed by atoms with van der Waals surface area (Å²) in [5.41, 5.74) is 0. The second-order valence-electron chi connectivity index (χ2n) is 4.41. The lowest BCUT2D eigenvalue weighted by Gasteiger charge is -2.24. The molecule has 1 saturated heterocycles. The van der Waals surface area contributed by atoms with Crippen LogP contribution in [0.2, 0.25) is 0 Å². The Balaban J connectivity index is 1.93. The van der Waals surface area contributed by atoms with Crippen LogP contribution in [0.1, 0.15) is 19.8 Å². The third kappa shape index (κ3) is 0.978. The lowest BCUT2D eigenvalue weighted by molar-refractivity contribution is -0.0322. The van der Waals surface area contributed by atoms with Crippen LogP contribution in [0.15, 0.2) is 0 Å². The second kappa shape index (κ2) is 2.71. The minimum atomic E-state index is -3.26. The third-order valence-electron chi connectivity index (χ3n) is 3.77. The lowest BCUT2D eigenvalue weighted by Crippen LogP contribution is -2.35. The van der Waals surface area contributed by atoms with Crippen molar-refractivity contribution < 1.29 is 17.3 Å². The summed E-state index contributed by atoms with van der Waals surface area (Å²) in [6, 6.07) is 0. The number of hydrogen-bond acceptors (Lipinski definition) is 4. The fourth-order valence-electron chi connectivity index (χ4n) is 3.30. The first-order valence-corrected chi connectivity index (χ1v) is 6.64. The van der Waals surface area contributed by atoms with Crippen LogP contribution in [0.25, 0.3) is 0 Å². The van der Waals surface area contributed by atoms with Crippen molar-refractivity contribution in [3.8, 4) is 0 Å². The molecule has 5 atom stereocenters. The molecule has 80 valence electrons. The van der Waals surface area contributed by atoms with Crippen LogP contribution in [-0.4, -0.2) is 32.5 Å². The summed E-state index contributed by atoms with van der Waals surface area (Å²) in [5.74, 6) is 0.619. The van der Waals surface area contributed by atoms with E-state index in [1.54, 1.807) is 0 Å². The third-order valence-corrected chi connectivity index (χ3v) is 5.55. The zero-order valence-electron chi connectivity index (χ0n) is 8.05. The number of ether oxygens (including phenoxy) is 1. The second-order valence-corrected chi connectivity index (χ2v) is 6.19. The molecular formula is C9H14O4S. The summed E-state index contributed by atoms with van der Waals surface area (Å²) in [6.07, 6.45) is 1.56. The van der Waals surface area contributed by atoms with Gasteiger partial charge in [-0.3, -0.25) is 4.18 Å². The normalized spacial score (nSPS) is 52.8. The average molecular weight is 218 g/mol. The molecule has 0 amide bonds. The van der Waals surface area contributed by atoms with Gasteiger partial charge in [0.2, 0.25) is 0 Å². The van der Waals surface area contributed by atoms with Crippen molar-refractivity contribution in [3.63, 3.8) is 0 Å². The van der Waals surface area contributed by atoms with E-state index in [4.69, 9.17) is 8.92 Å². The fourth-order valence-corrected chi connectivity index (χ4v) is 5.19. The maximum atomic E-state index is 11.6. The minimum Gasteiger partial charge on any atom is -0.375 e. The molecule has 1 heterocycles. The number of hydrogen-bond donors (Lipinski definition) is 0. The molecule has 4 nitrogen and oxygen atoms in total. The predicted octanol–water partition coefficient (Wildman–Crippen LogP) is 0.529. The van der Waals surface area contributed by atoms with E-state index in [-0.39, 0.29) is 23.4 Å². The Hall–Kier alpha value is -0.130. The Morgan fingerprint density at radius 3 is 2.93 bits per heavy atom. The molecule has 3 aliphatic rings. The summed E-state index contributed by atoms with van der Waals surface area (Å²) in [6.45, 7) is 2.57. The summed E-state index contributed by atoms with van der Waals surface area (Å²) < 4.78 is 33.8. The van der Waals surface area contributed by atoms with Crippen LogP contribution in [0.4, 0.5) is 0 Å². The van der Waals surface area contributed by atoms with Gasteiger partial charge < -0.3 is 4.74 Å². The molecule has 0 aromatic carbocycles. The monoisotopic (exact) mass is 218 g/mol. The van der Waals surface area contributed by atoms with Crippen molar-refractivity contribution in [2.45, 2.75) is 37.2 Å². The molecule has 14 heavy (non-hydrogen) atoms. The summed E-state index contributed by atoms with van der Waals surface area (Å²) in [7, 11) is -3.26. The largest absolute Gasteiger partial charge is 0.375 e. The van der Waals surface area contributed by atoms with E-state index >= 15 is 0 Å². The molecular weight excluding hydrogens is 204 g/mol. The van der Waals surface area contributed by atoms with Crippen molar-refractivity contribution in [2.24, 2.45) is 11.8 Å². The van der Waals surface area contributed by atoms with Gasteiger partial charge in [-0.15, -0.1) is 0 Å². The van der Waals surface area contributed by atoms with E-state index in [1.807, 2.05) is 6.92 Å². The SMILES string of the molecule is CCOC1C2CC3C1OS(=O)(=O)C3C2. The van der Waals surface area contributed by atoms with Gasteiger partial charge in [0, 0.05) is 12.5 Å². The highest BCUT2D eigenvalue weighted by atomic mass is 32.2. The molecule has 2 saturated carbocycles. The Morgan fingerprint density at radius 1 is 1.43 bits per heavy atom. The van der Waals surface area contributed by atoms with Gasteiger partial charge in [0.05, 0.1) is 11.4 Å². The Bertz CT molecular complexity index is 350. The van der Waals surface area contributed by atoms with E-state index < -0.39 is 10.1 Å². The van der Waals surface area contributed by atoms with Crippen LogP contribution in [0.3, 0.4) is 0 Å². The molecule has 5 heteroatoms. The van der Waals surface area contributed by atoms with E-state index in [2.05, 4.69) is 0 Å². The van der Waals surface area contributed by atoms with Gasteiger partial charge in [0.15, 0.2) is 0 Å². The zero-order valence-corrected chi connectivity index (χ0v) is 8.87. The topological polar surface area (TPSA) is 52.6 Å². The van der Waals surface area contributed by atoms with Crippen molar-refractivity contribution in [2.75, 3.05) is 6.61 Å². The van der Waals surface area contributed by atoms with Gasteiger partial charge in [-0.25, -0.2) is 0 Å². The molecule has 0 radical (unpaired) electrons. The molecule has 0 spiro atoms. The minimum absolute atomic E-state index is 0.0264. The quantitative estimate of drug-likeness (QED) is 0.634. The van der Waals surface area contributed by atoms with Crippen molar-refractivity contribution in [3.05, 3.63) is 0 Å². The molecule has 3 rings (SSSR count). The van der Waals surface area contributed by atoms with Crippen LogP contribution in [0, 0.1) is 11.8 Å². The highest BCUT2D eigenvalue weighted by Crippen LogP contribution is 2.55. The van der Waals surface area contributed by atoms with Gasteiger partial charge in [-0.05, 0) is 25.7 Å². The smallest absolute Gasteiger partial charge is 0.270 e. The standard InChI is InChI=1S/C9H14O4S/c1-2-12-8-5-3-6-7(4-5)14(10,11)13-9(6)8/h5-9H,2-4H2,1H3. The van der Waals surface area contributed by atoms with E-state index in [1.165, 1.54) is 0 Å². The van der Waals surface area contributed by atoms with Gasteiger partial charge in [0.25, 0.3) is 10.1 Å². The van der Waals surface area contributed by atoms with Gasteiger partial charge >= 0.3 is 0 Å². The first kappa shape index (κ1) is 9.12. The van der Waals surface area contributed by atoms with Crippen LogP contribution < -0.4 is 0 Å². The Morgan fingerprint density at radius 2 is 2.21 bits per heavy atom. The first-order chi connectivity index (χ1) is 6.63. The van der Waals surface area contributed by atoms with Crippen molar-refractivity contribution in [1.29, 1.82) is 0 Å². The maximum Gasteiger partial charge on any atom is 0.270 e. The van der Waals surface area contributed by atoms with Gasteiger partial charge in [-0.1, -0.05) is 0 Å². The van der Waals surface area contributed by atoms with Crippen LogP contribution >= 0.6 is 0 Å². The zero-order chi connectivity index (χ0) is 9.92. The van der Waals surface area contributed by atoms with E-state index in [0.29, 0.717) is 12.5 Å². The Labute approximate surface area is 83.7 Å². The molecule has 2 aliphatic carbocycles. The van der Waals surface area contributed by atoms with Crippen LogP contribution in [0.5, 0.6) is 0 Å². The maximum absolute atomic E-state index is 11.6. The van der Waals surface area contributed by atoms with E-state index in [0.717, 1.165) is 12.8 Å². The van der Waals surface area contributed by atoms with Crippen molar-refractivity contribution in [1.82, 2.24) is 0 Å². The summed E-state index contributed by atoms with van der Waals surface area (Å²) in [5, 5.41) is -0.228. The molecule has 0 aromatic rings. The molecule has 2 bridgehead atoms. The lowest BCUT2D eigenvalue weighted by atomic mass is 9.94. The summed E-state index contributed by atoms with van der Waals surface area (Å²) >= 11 is 0. The summed E-state index contributed by atoms with van der Waals surface area (Å²) in [4.78, 5) is 0. The van der Waals surface area contributed by atoms with E-state index in [9.17, 15) is 8.42 Å². The molecule has 5 unspecified atom stereocenters. The molecule has 0 N–H and O–H groups in total. The van der Waals surface area contributed by atoms with Gasteiger partial charge in [-0.2, -0.15) is 8.42 Å². The average Bonchev–Trinajstić information content (AvgIpc) is 2.68.